The molecule has 0 saturated heterocycles. The van der Waals surface area contributed by atoms with E-state index in [2.05, 4.69) is 15.1 Å². The van der Waals surface area contributed by atoms with Crippen molar-refractivity contribution in [2.24, 2.45) is 0 Å². The van der Waals surface area contributed by atoms with Crippen molar-refractivity contribution in [2.45, 2.75) is 52.2 Å². The van der Waals surface area contributed by atoms with E-state index in [1.165, 1.54) is 16.7 Å². The highest BCUT2D eigenvalue weighted by atomic mass is 19.1. The van der Waals surface area contributed by atoms with Gasteiger partial charge in [0.2, 0.25) is 11.6 Å². The van der Waals surface area contributed by atoms with Gasteiger partial charge in [-0.15, -0.1) is 0 Å². The van der Waals surface area contributed by atoms with Crippen LogP contribution >= 0.6 is 0 Å². The second kappa shape index (κ2) is 8.27. The molecule has 10 heteroatoms. The Hall–Kier alpha value is -3.40. The van der Waals surface area contributed by atoms with E-state index < -0.39 is 22.6 Å². The van der Waals surface area contributed by atoms with E-state index in [4.69, 9.17) is 4.52 Å². The van der Waals surface area contributed by atoms with Crippen molar-refractivity contribution in [3.05, 3.63) is 69.2 Å². The molecule has 0 unspecified atom stereocenters. The number of nitrogens with zero attached hydrogens (tertiary/aromatic N) is 5. The van der Waals surface area contributed by atoms with Crippen molar-refractivity contribution in [3.8, 4) is 5.75 Å². The first-order valence-electron chi connectivity index (χ1n) is 10.3. The van der Waals surface area contributed by atoms with Crippen LogP contribution in [0.2, 0.25) is 0 Å². The molecule has 1 aliphatic heterocycles. The zero-order chi connectivity index (χ0) is 23.0. The van der Waals surface area contributed by atoms with Crippen LogP contribution in [0.15, 0.2) is 33.6 Å². The van der Waals surface area contributed by atoms with Crippen LogP contribution in [0.3, 0.4) is 0 Å². The van der Waals surface area contributed by atoms with Gasteiger partial charge in [0.1, 0.15) is 11.6 Å². The van der Waals surface area contributed by atoms with Crippen LogP contribution in [0.4, 0.5) is 4.39 Å². The zero-order valence-electron chi connectivity index (χ0n) is 18.1. The van der Waals surface area contributed by atoms with Gasteiger partial charge in [-0.25, -0.2) is 9.37 Å². The number of carbonyl (C=O) groups is 1. The second-order valence-electron chi connectivity index (χ2n) is 8.35. The summed E-state index contributed by atoms with van der Waals surface area (Å²) in [5, 5.41) is 14.2. The van der Waals surface area contributed by atoms with E-state index in [0.717, 1.165) is 5.56 Å². The van der Waals surface area contributed by atoms with Crippen LogP contribution in [0.25, 0.3) is 0 Å². The number of aryl methyl sites for hydroxylation is 2. The molecule has 0 fully saturated rings. The van der Waals surface area contributed by atoms with E-state index in [0.29, 0.717) is 43.6 Å². The van der Waals surface area contributed by atoms with Crippen molar-refractivity contribution in [3.63, 3.8) is 0 Å². The Labute approximate surface area is 183 Å². The fourth-order valence-electron chi connectivity index (χ4n) is 3.93. The third-order valence-electron chi connectivity index (χ3n) is 5.79. The molecular formula is C22H24FN5O4. The summed E-state index contributed by atoms with van der Waals surface area (Å²) in [6.07, 6.45) is 0.366. The fourth-order valence-corrected chi connectivity index (χ4v) is 3.93. The molecule has 1 aromatic carbocycles. The molecule has 0 bridgehead atoms. The lowest BCUT2D eigenvalue weighted by atomic mass is 9.97. The standard InChI is InChI=1S/C22H24FN5O4/c1-13-24-17(32-26-13)12-27-10-11-28-20(31)19(30)18(25-21(28)22(27,2)3)16(29)9-6-14-4-7-15(23)8-5-14/h4-5,7-8,30H,6,9-12H2,1-3H3. The molecule has 0 amide bonds. The highest BCUT2D eigenvalue weighted by Gasteiger charge is 2.39. The van der Waals surface area contributed by atoms with Gasteiger partial charge in [0.15, 0.2) is 17.3 Å². The number of carbonyl (C=O) groups excluding carboxylic acids is 1. The number of hydrogen-bond acceptors (Lipinski definition) is 8. The average molecular weight is 441 g/mol. The first kappa shape index (κ1) is 21.8. The molecular weight excluding hydrogens is 417 g/mol. The zero-order valence-corrected chi connectivity index (χ0v) is 18.1. The SMILES string of the molecule is Cc1noc(CN2CCn3c(nc(C(=O)CCc4ccc(F)cc4)c(O)c3=O)C2(C)C)n1. The molecule has 1 N–H and O–H groups in total. The van der Waals surface area contributed by atoms with Gasteiger partial charge in [-0.3, -0.25) is 19.1 Å². The van der Waals surface area contributed by atoms with Gasteiger partial charge in [-0.05, 0) is 44.9 Å². The number of halogens is 1. The van der Waals surface area contributed by atoms with Crippen LogP contribution in [-0.4, -0.2) is 42.0 Å². The first-order valence-corrected chi connectivity index (χ1v) is 10.3. The number of ketones is 1. The Morgan fingerprint density at radius 2 is 1.94 bits per heavy atom. The number of aromatic hydroxyl groups is 1. The lowest BCUT2D eigenvalue weighted by Crippen LogP contribution is -2.52. The van der Waals surface area contributed by atoms with Crippen molar-refractivity contribution < 1.29 is 18.8 Å². The summed E-state index contributed by atoms with van der Waals surface area (Å²) in [7, 11) is 0. The van der Waals surface area contributed by atoms with Crippen LogP contribution in [-0.2, 0) is 25.0 Å². The maximum absolute atomic E-state index is 13.1. The molecule has 4 rings (SSSR count). The minimum atomic E-state index is -0.737. The van der Waals surface area contributed by atoms with Crippen molar-refractivity contribution in [1.29, 1.82) is 0 Å². The maximum atomic E-state index is 13.1. The Morgan fingerprint density at radius 1 is 1.22 bits per heavy atom. The van der Waals surface area contributed by atoms with Gasteiger partial charge in [-0.2, -0.15) is 4.98 Å². The molecule has 0 saturated carbocycles. The van der Waals surface area contributed by atoms with Crippen LogP contribution in [0.5, 0.6) is 5.75 Å². The first-order chi connectivity index (χ1) is 15.2. The lowest BCUT2D eigenvalue weighted by Gasteiger charge is -2.42. The number of hydrogen-bond donors (Lipinski definition) is 1. The number of rotatable bonds is 6. The molecule has 3 heterocycles. The van der Waals surface area contributed by atoms with Crippen LogP contribution in [0, 0.1) is 12.7 Å². The molecule has 32 heavy (non-hydrogen) atoms. The van der Waals surface area contributed by atoms with E-state index in [9.17, 15) is 19.1 Å². The van der Waals surface area contributed by atoms with Crippen molar-refractivity contribution in [2.75, 3.05) is 6.54 Å². The highest BCUT2D eigenvalue weighted by molar-refractivity contribution is 5.96. The predicted octanol–water partition coefficient (Wildman–Crippen LogP) is 2.35. The Morgan fingerprint density at radius 3 is 2.59 bits per heavy atom. The molecule has 3 aromatic rings. The third kappa shape index (κ3) is 4.05. The van der Waals surface area contributed by atoms with Gasteiger partial charge in [0.25, 0.3) is 5.56 Å². The molecule has 0 atom stereocenters. The summed E-state index contributed by atoms with van der Waals surface area (Å²) < 4.78 is 19.7. The van der Waals surface area contributed by atoms with E-state index in [1.54, 1.807) is 19.1 Å². The second-order valence-corrected chi connectivity index (χ2v) is 8.35. The van der Waals surface area contributed by atoms with E-state index >= 15 is 0 Å². The van der Waals surface area contributed by atoms with E-state index in [-0.39, 0.29) is 17.9 Å². The normalized spacial score (nSPS) is 15.5. The Kier molecular flexibility index (Phi) is 5.64. The molecule has 0 spiro atoms. The maximum Gasteiger partial charge on any atom is 0.296 e. The number of aromatic nitrogens is 4. The van der Waals surface area contributed by atoms with Gasteiger partial charge in [-0.1, -0.05) is 17.3 Å². The Bertz CT molecular complexity index is 1220. The summed E-state index contributed by atoms with van der Waals surface area (Å²) in [6.45, 7) is 6.67. The molecule has 9 nitrogen and oxygen atoms in total. The molecule has 0 aliphatic carbocycles. The van der Waals surface area contributed by atoms with Gasteiger partial charge in [0, 0.05) is 19.5 Å². The molecule has 2 aromatic heterocycles. The number of fused-ring (bicyclic) bond motifs is 1. The molecule has 1 aliphatic rings. The minimum Gasteiger partial charge on any atom is -0.501 e. The lowest BCUT2D eigenvalue weighted by molar-refractivity contribution is 0.0546. The van der Waals surface area contributed by atoms with Crippen molar-refractivity contribution >= 4 is 5.78 Å². The van der Waals surface area contributed by atoms with Gasteiger partial charge >= 0.3 is 0 Å². The summed E-state index contributed by atoms with van der Waals surface area (Å²) in [5.41, 5.74) is -0.844. The largest absolute Gasteiger partial charge is 0.501 e. The van der Waals surface area contributed by atoms with Crippen LogP contribution < -0.4 is 5.56 Å². The average Bonchev–Trinajstić information content (AvgIpc) is 3.16. The smallest absolute Gasteiger partial charge is 0.296 e. The minimum absolute atomic E-state index is 0.0283. The summed E-state index contributed by atoms with van der Waals surface area (Å²) in [6, 6.07) is 5.83. The van der Waals surface area contributed by atoms with Crippen LogP contribution in [0.1, 0.15) is 53.9 Å². The Balaban J connectivity index is 1.61. The summed E-state index contributed by atoms with van der Waals surface area (Å²) >= 11 is 0. The highest BCUT2D eigenvalue weighted by Crippen LogP contribution is 2.32. The quantitative estimate of drug-likeness (QED) is 0.580. The third-order valence-corrected chi connectivity index (χ3v) is 5.79. The van der Waals surface area contributed by atoms with E-state index in [1.807, 2.05) is 18.7 Å². The van der Waals surface area contributed by atoms with Gasteiger partial charge in [0.05, 0.1) is 12.1 Å². The van der Waals surface area contributed by atoms with Crippen molar-refractivity contribution in [1.82, 2.24) is 24.6 Å². The van der Waals surface area contributed by atoms with Gasteiger partial charge < -0.3 is 9.63 Å². The monoisotopic (exact) mass is 441 g/mol. The predicted molar refractivity (Wildman–Crippen MR) is 112 cm³/mol. The molecule has 0 radical (unpaired) electrons. The molecule has 168 valence electrons. The topological polar surface area (TPSA) is 114 Å². The summed E-state index contributed by atoms with van der Waals surface area (Å²) in [4.78, 5) is 36.4. The number of benzene rings is 1. The summed E-state index contributed by atoms with van der Waals surface area (Å²) in [5.74, 6) is -0.0934. The number of Topliss-reactive ketones (excluding diaryl/α,β-unsaturated/α-hetero) is 1. The fraction of sp³-hybridized carbons (Fsp3) is 0.409.